The van der Waals surface area contributed by atoms with Gasteiger partial charge in [0.05, 0.1) is 29.9 Å². The number of hydrogen-bond acceptors (Lipinski definition) is 9. The average molecular weight is 684 g/mol. The van der Waals surface area contributed by atoms with Crippen LogP contribution in [-0.4, -0.2) is 48.3 Å². The van der Waals surface area contributed by atoms with E-state index in [1.54, 1.807) is 30.1 Å². The highest BCUT2D eigenvalue weighted by molar-refractivity contribution is 7.09. The molecule has 5 aromatic rings. The van der Waals surface area contributed by atoms with E-state index < -0.39 is 0 Å². The van der Waals surface area contributed by atoms with Crippen molar-refractivity contribution in [3.63, 3.8) is 0 Å². The van der Waals surface area contributed by atoms with Gasteiger partial charge >= 0.3 is 0 Å². The van der Waals surface area contributed by atoms with Gasteiger partial charge in [0.1, 0.15) is 12.0 Å². The Labute approximate surface area is 293 Å². The minimum atomic E-state index is 0.456. The zero-order valence-electron chi connectivity index (χ0n) is 31.3. The average Bonchev–Trinajstić information content (AvgIpc) is 3.91. The van der Waals surface area contributed by atoms with Gasteiger partial charge in [0, 0.05) is 48.3 Å². The van der Waals surface area contributed by atoms with Crippen LogP contribution in [0.1, 0.15) is 147 Å². The summed E-state index contributed by atoms with van der Waals surface area (Å²) in [4.78, 5) is 20.0. The fourth-order valence-electron chi connectivity index (χ4n) is 3.77. The van der Waals surface area contributed by atoms with E-state index in [1.807, 2.05) is 30.3 Å². The fraction of sp³-hybridized carbons (Fsp3) is 0.595. The third-order valence-electron chi connectivity index (χ3n) is 7.32. The maximum absolute atomic E-state index is 5.22. The first-order valence-corrected chi connectivity index (χ1v) is 17.9. The summed E-state index contributed by atoms with van der Waals surface area (Å²) >= 11 is 1.72. The molecule has 2 N–H and O–H groups in total. The molecule has 1 unspecified atom stereocenters. The molecular weight excluding hydrogens is 623 g/mol. The number of oxazole rings is 2. The molecule has 10 nitrogen and oxygen atoms in total. The summed E-state index contributed by atoms with van der Waals surface area (Å²) in [7, 11) is 0. The standard InChI is InChI=1S/C7H14O.2C6H10N2.2C6H9NO.C6H9NS/c1-6(2)7-3-4-8-5-7;1-5(2)6-3-7-4-8-6;1-5(2)6-3-7-8-4-6;1-5(2)6-3-8-4-7-6;2*1-5(2)6-3-7-4-8-6/h6-7H,3-5H2,1-2H3;2*3-5H,1-2H3,(H,7,8);3*3-5H,1-2H3. The van der Waals surface area contributed by atoms with Crippen molar-refractivity contribution in [2.75, 3.05) is 13.2 Å². The molecule has 6 rings (SSSR count). The Morgan fingerprint density at radius 1 is 0.771 bits per heavy atom. The zero-order chi connectivity index (χ0) is 35.9. The van der Waals surface area contributed by atoms with E-state index in [4.69, 9.17) is 13.6 Å². The molecule has 6 heterocycles. The molecule has 11 heteroatoms. The number of imidazole rings is 1. The van der Waals surface area contributed by atoms with Gasteiger partial charge in [-0.05, 0) is 47.5 Å². The quantitative estimate of drug-likeness (QED) is 0.181. The predicted octanol–water partition coefficient (Wildman–Crippen LogP) is 10.6. The molecule has 1 atom stereocenters. The third-order valence-corrected chi connectivity index (χ3v) is 8.40. The summed E-state index contributed by atoms with van der Waals surface area (Å²) in [6, 6.07) is 0. The van der Waals surface area contributed by atoms with Crippen LogP contribution in [0.4, 0.5) is 0 Å². The molecule has 0 aliphatic carbocycles. The van der Waals surface area contributed by atoms with Crippen molar-refractivity contribution in [3.05, 3.63) is 89.5 Å². The van der Waals surface area contributed by atoms with Gasteiger partial charge in [-0.3, -0.25) is 10.1 Å². The molecule has 1 fully saturated rings. The lowest BCUT2D eigenvalue weighted by atomic mass is 9.96. The van der Waals surface area contributed by atoms with Crippen LogP contribution in [0.3, 0.4) is 0 Å². The summed E-state index contributed by atoms with van der Waals surface area (Å²) in [5, 5.41) is 6.58. The molecule has 268 valence electrons. The van der Waals surface area contributed by atoms with Crippen molar-refractivity contribution in [2.24, 2.45) is 11.8 Å². The van der Waals surface area contributed by atoms with E-state index in [2.05, 4.69) is 118 Å². The van der Waals surface area contributed by atoms with Crippen LogP contribution in [0, 0.1) is 11.8 Å². The minimum absolute atomic E-state index is 0.456. The molecule has 0 spiro atoms. The molecule has 0 radical (unpaired) electrons. The lowest BCUT2D eigenvalue weighted by molar-refractivity contribution is 0.176. The summed E-state index contributed by atoms with van der Waals surface area (Å²) in [5.74, 6) is 5.34. The second-order valence-electron chi connectivity index (χ2n) is 13.4. The molecule has 5 aromatic heterocycles. The highest BCUT2D eigenvalue weighted by Crippen LogP contribution is 2.20. The van der Waals surface area contributed by atoms with E-state index in [0.29, 0.717) is 29.6 Å². The number of aromatic amines is 2. The van der Waals surface area contributed by atoms with Gasteiger partial charge in [0.25, 0.3) is 0 Å². The molecule has 0 aromatic carbocycles. The largest absolute Gasteiger partial charge is 0.451 e. The number of aromatic nitrogens is 7. The van der Waals surface area contributed by atoms with E-state index in [0.717, 1.165) is 36.5 Å². The van der Waals surface area contributed by atoms with Crippen LogP contribution in [0.5, 0.6) is 0 Å². The SMILES string of the molecule is CC(C)C1CCOC1.CC(C)c1cn[nH]c1.CC(C)c1cnc[nH]1.CC(C)c1cnco1.CC(C)c1cncs1.CC(C)c1cocn1. The lowest BCUT2D eigenvalue weighted by Crippen LogP contribution is -2.06. The van der Waals surface area contributed by atoms with Gasteiger partial charge in [-0.25, -0.2) is 15.0 Å². The predicted molar refractivity (Wildman–Crippen MR) is 197 cm³/mol. The molecule has 0 bridgehead atoms. The smallest absolute Gasteiger partial charge is 0.180 e. The molecule has 0 amide bonds. The van der Waals surface area contributed by atoms with E-state index in [1.165, 1.54) is 35.3 Å². The Bertz CT molecular complexity index is 1100. The van der Waals surface area contributed by atoms with E-state index in [-0.39, 0.29) is 0 Å². The summed E-state index contributed by atoms with van der Waals surface area (Å²) in [6.07, 6.45) is 16.8. The number of H-pyrrole nitrogens is 2. The normalized spacial score (nSPS) is 13.6. The Hall–Kier alpha value is -3.57. The molecule has 0 saturated carbocycles. The zero-order valence-corrected chi connectivity index (χ0v) is 32.1. The highest BCUT2D eigenvalue weighted by Gasteiger charge is 2.18. The number of nitrogens with zero attached hydrogens (tertiary/aromatic N) is 5. The topological polar surface area (TPSA) is 132 Å². The van der Waals surface area contributed by atoms with Crippen LogP contribution in [0.25, 0.3) is 0 Å². The van der Waals surface area contributed by atoms with Crippen molar-refractivity contribution in [1.29, 1.82) is 0 Å². The maximum Gasteiger partial charge on any atom is 0.180 e. The Morgan fingerprint density at radius 3 is 1.77 bits per heavy atom. The number of nitrogens with one attached hydrogen (secondary N) is 2. The number of thiazole rings is 1. The monoisotopic (exact) mass is 683 g/mol. The van der Waals surface area contributed by atoms with Gasteiger partial charge < -0.3 is 18.6 Å². The van der Waals surface area contributed by atoms with Crippen molar-refractivity contribution in [2.45, 2.75) is 119 Å². The van der Waals surface area contributed by atoms with Crippen LogP contribution in [0.15, 0.2) is 70.7 Å². The number of ether oxygens (including phenoxy) is 1. The van der Waals surface area contributed by atoms with Crippen LogP contribution >= 0.6 is 11.3 Å². The number of hydrogen-bond donors (Lipinski definition) is 2. The first-order chi connectivity index (χ1) is 22.8. The first kappa shape index (κ1) is 42.5. The summed E-state index contributed by atoms with van der Waals surface area (Å²) in [6.45, 7) is 27.7. The van der Waals surface area contributed by atoms with Crippen molar-refractivity contribution in [1.82, 2.24) is 35.1 Å². The first-order valence-electron chi connectivity index (χ1n) is 17.0. The second-order valence-corrected chi connectivity index (χ2v) is 14.3. The van der Waals surface area contributed by atoms with E-state index in [9.17, 15) is 0 Å². The van der Waals surface area contributed by atoms with Crippen molar-refractivity contribution >= 4 is 11.3 Å². The molecule has 1 aliphatic rings. The second kappa shape index (κ2) is 24.6. The molecule has 48 heavy (non-hydrogen) atoms. The number of rotatable bonds is 6. The Morgan fingerprint density at radius 2 is 1.52 bits per heavy atom. The van der Waals surface area contributed by atoms with Gasteiger partial charge in [-0.15, -0.1) is 11.3 Å². The van der Waals surface area contributed by atoms with Gasteiger partial charge in [0.2, 0.25) is 0 Å². The summed E-state index contributed by atoms with van der Waals surface area (Å²) < 4.78 is 15.0. The molecule has 1 saturated heterocycles. The van der Waals surface area contributed by atoms with Gasteiger partial charge in [0.15, 0.2) is 12.8 Å². The van der Waals surface area contributed by atoms with E-state index >= 15 is 0 Å². The van der Waals surface area contributed by atoms with Gasteiger partial charge in [-0.1, -0.05) is 83.1 Å². The Balaban J connectivity index is 0.000000288. The third kappa shape index (κ3) is 18.7. The van der Waals surface area contributed by atoms with Crippen LogP contribution in [-0.2, 0) is 4.74 Å². The molecular formula is C37H61N7O3S. The van der Waals surface area contributed by atoms with Crippen molar-refractivity contribution < 1.29 is 13.6 Å². The molecule has 1 aliphatic heterocycles. The van der Waals surface area contributed by atoms with Crippen LogP contribution in [0.2, 0.25) is 0 Å². The minimum Gasteiger partial charge on any atom is -0.451 e. The fourth-order valence-corrected chi connectivity index (χ4v) is 4.40. The highest BCUT2D eigenvalue weighted by atomic mass is 32.1. The Kier molecular flexibility index (Phi) is 21.7. The lowest BCUT2D eigenvalue weighted by Gasteiger charge is -2.09. The van der Waals surface area contributed by atoms with Crippen molar-refractivity contribution in [3.8, 4) is 0 Å². The summed E-state index contributed by atoms with van der Waals surface area (Å²) in [5.41, 5.74) is 5.36. The van der Waals surface area contributed by atoms with Gasteiger partial charge in [-0.2, -0.15) is 5.10 Å². The van der Waals surface area contributed by atoms with Crippen LogP contribution < -0.4 is 0 Å². The maximum atomic E-state index is 5.22.